The lowest BCUT2D eigenvalue weighted by molar-refractivity contribution is 0.379. The maximum Gasteiger partial charge on any atom is 0.240 e. The largest absolute Gasteiger partial charge is 0.496 e. The first kappa shape index (κ1) is 12.9. The highest BCUT2D eigenvalue weighted by Gasteiger charge is 2.15. The Morgan fingerprint density at radius 2 is 2.22 bits per heavy atom. The van der Waals surface area contributed by atoms with E-state index in [0.717, 1.165) is 21.8 Å². The predicted molar refractivity (Wildman–Crippen MR) is 70.7 cm³/mol. The molecule has 0 radical (unpaired) electrons. The smallest absolute Gasteiger partial charge is 0.240 e. The second kappa shape index (κ2) is 5.41. The van der Waals surface area contributed by atoms with E-state index >= 15 is 0 Å². The molecule has 0 saturated carbocycles. The molecular weight excluding hydrogens is 250 g/mol. The van der Waals surface area contributed by atoms with E-state index in [0.29, 0.717) is 11.7 Å². The Morgan fingerprint density at radius 1 is 1.44 bits per heavy atom. The van der Waals surface area contributed by atoms with Crippen LogP contribution >= 0.6 is 11.8 Å². The van der Waals surface area contributed by atoms with Crippen molar-refractivity contribution in [2.45, 2.75) is 18.4 Å². The number of ether oxygens (including phenoxy) is 1. The van der Waals surface area contributed by atoms with Crippen molar-refractivity contribution in [3.63, 3.8) is 0 Å². The summed E-state index contributed by atoms with van der Waals surface area (Å²) in [6.45, 7) is 2.27. The van der Waals surface area contributed by atoms with Gasteiger partial charge in [-0.2, -0.15) is 4.98 Å². The van der Waals surface area contributed by atoms with Gasteiger partial charge in [-0.05, 0) is 30.9 Å². The molecule has 0 fully saturated rings. The zero-order valence-electron chi connectivity index (χ0n) is 10.6. The molecule has 96 valence electrons. The average Bonchev–Trinajstić information content (AvgIpc) is 2.87. The van der Waals surface area contributed by atoms with E-state index in [-0.39, 0.29) is 6.54 Å². The summed E-state index contributed by atoms with van der Waals surface area (Å²) in [5, 5.41) is 3.92. The molecule has 0 spiro atoms. The van der Waals surface area contributed by atoms with Gasteiger partial charge in [0.15, 0.2) is 0 Å². The van der Waals surface area contributed by atoms with E-state index in [1.54, 1.807) is 18.9 Å². The SMILES string of the molecule is COc1cc(C)c(SC)cc1-c1noc(CN)n1. The summed E-state index contributed by atoms with van der Waals surface area (Å²) in [5.41, 5.74) is 7.43. The van der Waals surface area contributed by atoms with Gasteiger partial charge in [-0.15, -0.1) is 11.8 Å². The van der Waals surface area contributed by atoms with Crippen LogP contribution < -0.4 is 10.5 Å². The fourth-order valence-corrected chi connectivity index (χ4v) is 2.29. The van der Waals surface area contributed by atoms with E-state index in [4.69, 9.17) is 15.0 Å². The monoisotopic (exact) mass is 265 g/mol. The molecule has 0 amide bonds. The Labute approximate surface area is 110 Å². The number of methoxy groups -OCH3 is 1. The Morgan fingerprint density at radius 3 is 2.78 bits per heavy atom. The number of nitrogens with zero attached hydrogens (tertiary/aromatic N) is 2. The second-order valence-electron chi connectivity index (χ2n) is 3.74. The minimum atomic E-state index is 0.233. The maximum absolute atomic E-state index is 5.46. The minimum Gasteiger partial charge on any atom is -0.496 e. The van der Waals surface area contributed by atoms with Crippen LogP contribution in [0.25, 0.3) is 11.4 Å². The Hall–Kier alpha value is -1.53. The zero-order chi connectivity index (χ0) is 13.1. The van der Waals surface area contributed by atoms with Crippen molar-refractivity contribution in [3.05, 3.63) is 23.6 Å². The Bertz CT molecular complexity index is 554. The standard InChI is InChI=1S/C12H15N3O2S/c1-7-4-9(16-2)8(5-10(7)18-3)12-14-11(6-13)17-15-12/h4-5H,6,13H2,1-3H3. The highest BCUT2D eigenvalue weighted by atomic mass is 32.2. The average molecular weight is 265 g/mol. The molecule has 2 N–H and O–H groups in total. The molecule has 2 aromatic rings. The molecule has 0 aliphatic heterocycles. The summed E-state index contributed by atoms with van der Waals surface area (Å²) in [5.74, 6) is 1.65. The highest BCUT2D eigenvalue weighted by Crippen LogP contribution is 2.34. The van der Waals surface area contributed by atoms with Crippen LogP contribution in [-0.4, -0.2) is 23.5 Å². The summed E-state index contributed by atoms with van der Waals surface area (Å²) in [6.07, 6.45) is 2.03. The van der Waals surface area contributed by atoms with Gasteiger partial charge in [-0.1, -0.05) is 5.16 Å². The van der Waals surface area contributed by atoms with E-state index in [1.165, 1.54) is 0 Å². The van der Waals surface area contributed by atoms with Gasteiger partial charge in [0, 0.05) is 4.90 Å². The molecule has 0 unspecified atom stereocenters. The van der Waals surface area contributed by atoms with E-state index < -0.39 is 0 Å². The summed E-state index contributed by atoms with van der Waals surface area (Å²) < 4.78 is 10.4. The van der Waals surface area contributed by atoms with Gasteiger partial charge < -0.3 is 15.0 Å². The molecule has 6 heteroatoms. The van der Waals surface area contributed by atoms with E-state index in [9.17, 15) is 0 Å². The van der Waals surface area contributed by atoms with Crippen molar-refractivity contribution >= 4 is 11.8 Å². The third kappa shape index (κ3) is 2.34. The van der Waals surface area contributed by atoms with Crippen molar-refractivity contribution in [1.29, 1.82) is 0 Å². The van der Waals surface area contributed by atoms with Crippen LogP contribution in [0.5, 0.6) is 5.75 Å². The lowest BCUT2D eigenvalue weighted by Crippen LogP contribution is -1.96. The van der Waals surface area contributed by atoms with Crippen LogP contribution in [0.2, 0.25) is 0 Å². The van der Waals surface area contributed by atoms with Crippen molar-refractivity contribution in [2.24, 2.45) is 5.73 Å². The number of benzene rings is 1. The molecule has 0 saturated heterocycles. The minimum absolute atomic E-state index is 0.233. The number of nitrogens with two attached hydrogens (primary N) is 1. The van der Waals surface area contributed by atoms with Crippen molar-refractivity contribution in [1.82, 2.24) is 10.1 Å². The van der Waals surface area contributed by atoms with Crippen molar-refractivity contribution in [3.8, 4) is 17.1 Å². The first-order valence-electron chi connectivity index (χ1n) is 5.45. The molecule has 0 atom stereocenters. The van der Waals surface area contributed by atoms with Crippen LogP contribution in [0.15, 0.2) is 21.6 Å². The maximum atomic E-state index is 5.46. The quantitative estimate of drug-likeness (QED) is 0.854. The number of rotatable bonds is 4. The Kier molecular flexibility index (Phi) is 3.88. The van der Waals surface area contributed by atoms with Gasteiger partial charge in [0.25, 0.3) is 0 Å². The van der Waals surface area contributed by atoms with Crippen molar-refractivity contribution < 1.29 is 9.26 Å². The zero-order valence-corrected chi connectivity index (χ0v) is 11.4. The molecule has 0 aliphatic carbocycles. The molecule has 1 aromatic heterocycles. The predicted octanol–water partition coefficient (Wildman–Crippen LogP) is 2.23. The third-order valence-electron chi connectivity index (χ3n) is 2.60. The molecule has 18 heavy (non-hydrogen) atoms. The first-order chi connectivity index (χ1) is 8.69. The molecular formula is C12H15N3O2S. The lowest BCUT2D eigenvalue weighted by Gasteiger charge is -2.09. The highest BCUT2D eigenvalue weighted by molar-refractivity contribution is 7.98. The van der Waals surface area contributed by atoms with Gasteiger partial charge in [0.1, 0.15) is 5.75 Å². The van der Waals surface area contributed by atoms with Gasteiger partial charge in [-0.25, -0.2) is 0 Å². The van der Waals surface area contributed by atoms with Crippen LogP contribution in [0.4, 0.5) is 0 Å². The molecule has 1 aromatic carbocycles. The third-order valence-corrected chi connectivity index (χ3v) is 3.48. The fourth-order valence-electron chi connectivity index (χ4n) is 1.67. The second-order valence-corrected chi connectivity index (χ2v) is 4.59. The molecule has 0 aliphatic rings. The topological polar surface area (TPSA) is 74.2 Å². The van der Waals surface area contributed by atoms with Gasteiger partial charge in [-0.3, -0.25) is 0 Å². The van der Waals surface area contributed by atoms with E-state index in [1.807, 2.05) is 25.3 Å². The number of hydrogen-bond donors (Lipinski definition) is 1. The molecule has 1 heterocycles. The van der Waals surface area contributed by atoms with E-state index in [2.05, 4.69) is 10.1 Å². The number of aryl methyl sites for hydroxylation is 1. The molecule has 5 nitrogen and oxygen atoms in total. The van der Waals surface area contributed by atoms with Crippen LogP contribution in [-0.2, 0) is 6.54 Å². The number of hydrogen-bond acceptors (Lipinski definition) is 6. The summed E-state index contributed by atoms with van der Waals surface area (Å²) in [7, 11) is 1.63. The van der Waals surface area contributed by atoms with Crippen molar-refractivity contribution in [2.75, 3.05) is 13.4 Å². The Balaban J connectivity index is 2.54. The number of thioether (sulfide) groups is 1. The lowest BCUT2D eigenvalue weighted by atomic mass is 10.1. The molecule has 0 bridgehead atoms. The first-order valence-corrected chi connectivity index (χ1v) is 6.67. The summed E-state index contributed by atoms with van der Waals surface area (Å²) >= 11 is 1.67. The normalized spacial score (nSPS) is 10.7. The molecule has 2 rings (SSSR count). The van der Waals surface area contributed by atoms with Gasteiger partial charge >= 0.3 is 0 Å². The van der Waals surface area contributed by atoms with Gasteiger partial charge in [0.05, 0.1) is 19.2 Å². The van der Waals surface area contributed by atoms with Gasteiger partial charge in [0.2, 0.25) is 11.7 Å². The fraction of sp³-hybridized carbons (Fsp3) is 0.333. The number of aromatic nitrogens is 2. The summed E-state index contributed by atoms with van der Waals surface area (Å²) in [4.78, 5) is 5.38. The van der Waals surface area contributed by atoms with Crippen LogP contribution in [0.3, 0.4) is 0 Å². The summed E-state index contributed by atoms with van der Waals surface area (Å²) in [6, 6.07) is 3.98. The van der Waals surface area contributed by atoms with Crippen LogP contribution in [0, 0.1) is 6.92 Å². The van der Waals surface area contributed by atoms with Crippen LogP contribution in [0.1, 0.15) is 11.5 Å².